The Morgan fingerprint density at radius 1 is 0.800 bits per heavy atom. The third-order valence-electron chi connectivity index (χ3n) is 5.19. The van der Waals surface area contributed by atoms with Gasteiger partial charge in [-0.3, -0.25) is 15.2 Å². The third-order valence-corrected chi connectivity index (χ3v) is 5.19. The molecule has 0 saturated heterocycles. The third kappa shape index (κ3) is 3.26. The Morgan fingerprint density at radius 2 is 1.60 bits per heavy atom. The van der Waals surface area contributed by atoms with E-state index in [-0.39, 0.29) is 5.41 Å². The van der Waals surface area contributed by atoms with E-state index in [4.69, 9.17) is 4.98 Å². The van der Waals surface area contributed by atoms with Crippen LogP contribution in [0.2, 0.25) is 0 Å². The lowest BCUT2D eigenvalue weighted by atomic mass is 9.92. The summed E-state index contributed by atoms with van der Waals surface area (Å²) in [4.78, 5) is 9.25. The minimum atomic E-state index is -0.0229. The first-order chi connectivity index (χ1) is 14.5. The quantitative estimate of drug-likeness (QED) is 0.431. The number of H-pyrrole nitrogens is 2. The van der Waals surface area contributed by atoms with E-state index < -0.39 is 0 Å². The van der Waals surface area contributed by atoms with Crippen molar-refractivity contribution in [2.24, 2.45) is 0 Å². The van der Waals surface area contributed by atoms with E-state index in [0.29, 0.717) is 0 Å². The second-order valence-electron chi connectivity index (χ2n) is 8.40. The molecule has 30 heavy (non-hydrogen) atoms. The molecule has 148 valence electrons. The summed E-state index contributed by atoms with van der Waals surface area (Å²) in [7, 11) is 0. The van der Waals surface area contributed by atoms with Gasteiger partial charge in [-0.1, -0.05) is 51.1 Å². The van der Waals surface area contributed by atoms with Gasteiger partial charge in [0.1, 0.15) is 11.4 Å². The normalized spacial score (nSPS) is 11.8. The number of fused-ring (bicyclic) bond motifs is 1. The van der Waals surface area contributed by atoms with Crippen LogP contribution < -0.4 is 0 Å². The number of nitrogens with zero attached hydrogens (tertiary/aromatic N) is 4. The average molecular weight is 394 g/mol. The molecule has 0 aliphatic rings. The first kappa shape index (κ1) is 18.2. The Hall–Kier alpha value is -3.80. The second kappa shape index (κ2) is 6.91. The molecule has 4 aromatic heterocycles. The largest absolute Gasteiger partial charge is 0.281 e. The summed E-state index contributed by atoms with van der Waals surface area (Å²) < 4.78 is 0. The SMILES string of the molecule is CC(C)(C)c1cc(-c2nc(-c3cc(-c4ccccc4)n[nH]3)cc3ccncc23)n[nH]1. The van der Waals surface area contributed by atoms with E-state index in [1.54, 1.807) is 6.20 Å². The van der Waals surface area contributed by atoms with Crippen LogP contribution in [-0.2, 0) is 5.41 Å². The van der Waals surface area contributed by atoms with E-state index in [9.17, 15) is 0 Å². The lowest BCUT2D eigenvalue weighted by molar-refractivity contribution is 0.567. The fourth-order valence-electron chi connectivity index (χ4n) is 3.46. The van der Waals surface area contributed by atoms with Crippen LogP contribution in [0.15, 0.2) is 67.0 Å². The van der Waals surface area contributed by atoms with E-state index in [2.05, 4.69) is 58.3 Å². The van der Waals surface area contributed by atoms with E-state index >= 15 is 0 Å². The van der Waals surface area contributed by atoms with Crippen molar-refractivity contribution in [1.82, 2.24) is 30.4 Å². The molecule has 0 radical (unpaired) electrons. The molecular weight excluding hydrogens is 372 g/mol. The molecule has 0 amide bonds. The van der Waals surface area contributed by atoms with Crippen LogP contribution in [0.5, 0.6) is 0 Å². The summed E-state index contributed by atoms with van der Waals surface area (Å²) in [5.74, 6) is 0. The fraction of sp³-hybridized carbons (Fsp3) is 0.167. The molecule has 0 atom stereocenters. The second-order valence-corrected chi connectivity index (χ2v) is 8.40. The van der Waals surface area contributed by atoms with Crippen molar-refractivity contribution in [3.8, 4) is 34.0 Å². The number of aromatic nitrogens is 6. The molecule has 0 unspecified atom stereocenters. The summed E-state index contributed by atoms with van der Waals surface area (Å²) in [6.45, 7) is 6.47. The zero-order valence-electron chi connectivity index (χ0n) is 17.1. The number of nitrogens with one attached hydrogen (secondary N) is 2. The van der Waals surface area contributed by atoms with E-state index in [1.165, 1.54) is 0 Å². The van der Waals surface area contributed by atoms with Gasteiger partial charge in [-0.25, -0.2) is 4.98 Å². The smallest absolute Gasteiger partial charge is 0.111 e. The van der Waals surface area contributed by atoms with Crippen LogP contribution in [-0.4, -0.2) is 30.4 Å². The van der Waals surface area contributed by atoms with Gasteiger partial charge in [0.15, 0.2) is 0 Å². The maximum Gasteiger partial charge on any atom is 0.111 e. The summed E-state index contributed by atoms with van der Waals surface area (Å²) in [5, 5.41) is 17.4. The zero-order chi connectivity index (χ0) is 20.7. The molecule has 0 saturated carbocycles. The van der Waals surface area contributed by atoms with Gasteiger partial charge < -0.3 is 0 Å². The lowest BCUT2D eigenvalue weighted by Gasteiger charge is -2.14. The summed E-state index contributed by atoms with van der Waals surface area (Å²) in [6, 6.07) is 18.3. The van der Waals surface area contributed by atoms with Gasteiger partial charge in [0.2, 0.25) is 0 Å². The van der Waals surface area contributed by atoms with Gasteiger partial charge in [0, 0.05) is 34.5 Å². The summed E-state index contributed by atoms with van der Waals surface area (Å²) >= 11 is 0. The van der Waals surface area contributed by atoms with Crippen LogP contribution in [0, 0.1) is 0 Å². The lowest BCUT2D eigenvalue weighted by Crippen LogP contribution is -2.11. The summed E-state index contributed by atoms with van der Waals surface area (Å²) in [5.41, 5.74) is 6.28. The van der Waals surface area contributed by atoms with Gasteiger partial charge in [0.25, 0.3) is 0 Å². The van der Waals surface area contributed by atoms with Gasteiger partial charge in [-0.05, 0) is 29.7 Å². The van der Waals surface area contributed by atoms with Crippen LogP contribution in [0.1, 0.15) is 26.5 Å². The predicted molar refractivity (Wildman–Crippen MR) is 119 cm³/mol. The Balaban J connectivity index is 1.65. The molecule has 6 nitrogen and oxygen atoms in total. The highest BCUT2D eigenvalue weighted by Gasteiger charge is 2.20. The molecule has 5 rings (SSSR count). The molecular formula is C24H22N6. The molecule has 0 fully saturated rings. The standard InChI is InChI=1S/C24H22N6/c1-24(2,3)22-13-21(29-30-22)23-17-14-25-10-9-16(17)11-19(26-23)20-12-18(27-28-20)15-7-5-4-6-8-15/h4-14H,1-3H3,(H,27,28)(H,29,30). The van der Waals surface area contributed by atoms with Crippen LogP contribution in [0.3, 0.4) is 0 Å². The molecule has 0 spiro atoms. The Labute approximate surface area is 174 Å². The number of hydrogen-bond acceptors (Lipinski definition) is 4. The molecule has 2 N–H and O–H groups in total. The van der Waals surface area contributed by atoms with Crippen molar-refractivity contribution in [3.63, 3.8) is 0 Å². The van der Waals surface area contributed by atoms with Crippen molar-refractivity contribution >= 4 is 10.8 Å². The highest BCUT2D eigenvalue weighted by Crippen LogP contribution is 2.32. The fourth-order valence-corrected chi connectivity index (χ4v) is 3.46. The van der Waals surface area contributed by atoms with E-state index in [1.807, 2.05) is 48.7 Å². The molecule has 6 heteroatoms. The molecule has 5 aromatic rings. The average Bonchev–Trinajstić information content (AvgIpc) is 3.44. The minimum absolute atomic E-state index is 0.0229. The first-order valence-corrected chi connectivity index (χ1v) is 9.91. The Morgan fingerprint density at radius 3 is 2.37 bits per heavy atom. The number of hydrogen-bond donors (Lipinski definition) is 2. The first-order valence-electron chi connectivity index (χ1n) is 9.91. The van der Waals surface area contributed by atoms with Crippen LogP contribution in [0.4, 0.5) is 0 Å². The van der Waals surface area contributed by atoms with Crippen molar-refractivity contribution < 1.29 is 0 Å². The minimum Gasteiger partial charge on any atom is -0.281 e. The topological polar surface area (TPSA) is 83.1 Å². The van der Waals surface area contributed by atoms with Crippen molar-refractivity contribution in [1.29, 1.82) is 0 Å². The van der Waals surface area contributed by atoms with Crippen LogP contribution >= 0.6 is 0 Å². The van der Waals surface area contributed by atoms with Gasteiger partial charge in [0.05, 0.1) is 17.1 Å². The van der Waals surface area contributed by atoms with Crippen LogP contribution in [0.25, 0.3) is 44.8 Å². The van der Waals surface area contributed by atoms with Gasteiger partial charge in [-0.2, -0.15) is 10.2 Å². The maximum atomic E-state index is 4.95. The van der Waals surface area contributed by atoms with Crippen molar-refractivity contribution in [3.05, 3.63) is 72.7 Å². The zero-order valence-corrected chi connectivity index (χ0v) is 17.1. The monoisotopic (exact) mass is 394 g/mol. The number of aromatic amines is 2. The van der Waals surface area contributed by atoms with Gasteiger partial charge >= 0.3 is 0 Å². The van der Waals surface area contributed by atoms with Crippen molar-refractivity contribution in [2.45, 2.75) is 26.2 Å². The number of rotatable bonds is 3. The summed E-state index contributed by atoms with van der Waals surface area (Å²) in [6.07, 6.45) is 3.64. The Bertz CT molecular complexity index is 1320. The predicted octanol–water partition coefficient (Wildman–Crippen LogP) is 5.37. The molecule has 4 heterocycles. The van der Waals surface area contributed by atoms with E-state index in [0.717, 1.165) is 50.5 Å². The highest BCUT2D eigenvalue weighted by atomic mass is 15.1. The Kier molecular flexibility index (Phi) is 4.20. The highest BCUT2D eigenvalue weighted by molar-refractivity contribution is 5.95. The number of pyridine rings is 2. The molecule has 1 aromatic carbocycles. The molecule has 0 bridgehead atoms. The molecule has 0 aliphatic carbocycles. The van der Waals surface area contributed by atoms with Crippen molar-refractivity contribution in [2.75, 3.05) is 0 Å². The molecule has 0 aliphatic heterocycles. The maximum absolute atomic E-state index is 4.95. The number of benzene rings is 1. The van der Waals surface area contributed by atoms with Gasteiger partial charge in [-0.15, -0.1) is 0 Å².